The van der Waals surface area contributed by atoms with Crippen molar-refractivity contribution in [2.45, 2.75) is 13.5 Å². The molecule has 0 saturated carbocycles. The van der Waals surface area contributed by atoms with Crippen molar-refractivity contribution in [3.8, 4) is 0 Å². The Balaban J connectivity index is 2.17. The Morgan fingerprint density at radius 1 is 1.21 bits per heavy atom. The van der Waals surface area contributed by atoms with Crippen molar-refractivity contribution in [1.29, 1.82) is 0 Å². The number of esters is 1. The summed E-state index contributed by atoms with van der Waals surface area (Å²) < 4.78 is 12.6. The highest BCUT2D eigenvalue weighted by molar-refractivity contribution is 6.00. The zero-order chi connectivity index (χ0) is 17.3. The van der Waals surface area contributed by atoms with Crippen LogP contribution in [0, 0.1) is 0 Å². The molecule has 0 aliphatic heterocycles. The van der Waals surface area contributed by atoms with Crippen molar-refractivity contribution in [3.05, 3.63) is 68.7 Å². The molecule has 0 aliphatic carbocycles. The first kappa shape index (κ1) is 15.8. The maximum Gasteiger partial charge on any atom is 0.422 e. The minimum atomic E-state index is -0.812. The topological polar surface area (TPSA) is 83.4 Å². The first-order valence-electron chi connectivity index (χ1n) is 7.47. The lowest BCUT2D eigenvalue weighted by Gasteiger charge is -2.05. The van der Waals surface area contributed by atoms with Crippen LogP contribution in [0.1, 0.15) is 23.0 Å². The van der Waals surface area contributed by atoms with E-state index < -0.39 is 17.3 Å². The van der Waals surface area contributed by atoms with Crippen LogP contribution in [0.4, 0.5) is 0 Å². The number of aryl methyl sites for hydroxylation is 1. The number of hydrogen-bond donors (Lipinski definition) is 0. The van der Waals surface area contributed by atoms with Gasteiger partial charge in [0.05, 0.1) is 13.2 Å². The molecule has 0 N–H and O–H groups in total. The second-order valence-electron chi connectivity index (χ2n) is 5.30. The van der Waals surface area contributed by atoms with Crippen LogP contribution in [0.2, 0.25) is 0 Å². The average molecular weight is 328 g/mol. The van der Waals surface area contributed by atoms with Crippen molar-refractivity contribution in [2.24, 2.45) is 7.05 Å². The van der Waals surface area contributed by atoms with E-state index in [0.29, 0.717) is 0 Å². The summed E-state index contributed by atoms with van der Waals surface area (Å²) in [5, 5.41) is 0.163. The van der Waals surface area contributed by atoms with Gasteiger partial charge in [-0.2, -0.15) is 0 Å². The summed E-state index contributed by atoms with van der Waals surface area (Å²) in [5.74, 6) is -1.45. The largest absolute Gasteiger partial charge is 0.461 e. The maximum atomic E-state index is 12.6. The number of fused-ring (bicyclic) bond motifs is 1. The Kier molecular flexibility index (Phi) is 4.07. The number of carbonyl (C=O) groups excluding carboxylic acids is 1. The molecule has 3 rings (SSSR count). The van der Waals surface area contributed by atoms with Gasteiger partial charge in [0, 0.05) is 13.2 Å². The van der Waals surface area contributed by atoms with Crippen LogP contribution in [0.5, 0.6) is 0 Å². The molecule has 0 atom stereocenters. The predicted octanol–water partition coefficient (Wildman–Crippen LogP) is 1.52. The van der Waals surface area contributed by atoms with Gasteiger partial charge in [0.1, 0.15) is 5.39 Å². The Bertz CT molecular complexity index is 1010. The van der Waals surface area contributed by atoms with Crippen LogP contribution >= 0.6 is 0 Å². The Hall–Kier alpha value is -3.09. The molecule has 2 heterocycles. The fourth-order valence-electron chi connectivity index (χ4n) is 2.57. The van der Waals surface area contributed by atoms with Crippen LogP contribution in [0.25, 0.3) is 11.0 Å². The van der Waals surface area contributed by atoms with Crippen LogP contribution in [-0.2, 0) is 18.3 Å². The highest BCUT2D eigenvalue weighted by Gasteiger charge is 2.22. The van der Waals surface area contributed by atoms with E-state index in [1.54, 1.807) is 14.0 Å². The van der Waals surface area contributed by atoms with E-state index >= 15 is 0 Å². The van der Waals surface area contributed by atoms with Crippen molar-refractivity contribution in [2.75, 3.05) is 6.61 Å². The quantitative estimate of drug-likeness (QED) is 0.678. The average Bonchev–Trinajstić information content (AvgIpc) is 2.89. The summed E-state index contributed by atoms with van der Waals surface area (Å²) >= 11 is 0. The van der Waals surface area contributed by atoms with Gasteiger partial charge in [-0.1, -0.05) is 30.3 Å². The minimum Gasteiger partial charge on any atom is -0.461 e. The lowest BCUT2D eigenvalue weighted by Crippen LogP contribution is -2.32. The van der Waals surface area contributed by atoms with Crippen molar-refractivity contribution < 1.29 is 13.9 Å². The Morgan fingerprint density at radius 3 is 2.58 bits per heavy atom. The number of benzene rings is 1. The fourth-order valence-corrected chi connectivity index (χ4v) is 2.57. The molecule has 124 valence electrons. The molecule has 2 aromatic heterocycles. The lowest BCUT2D eigenvalue weighted by atomic mass is 10.2. The number of carbonyl (C=O) groups is 1. The van der Waals surface area contributed by atoms with Gasteiger partial charge in [-0.25, -0.2) is 14.2 Å². The number of nitrogens with zero attached hydrogens (tertiary/aromatic N) is 2. The molecule has 3 aromatic rings. The second kappa shape index (κ2) is 6.19. The van der Waals surface area contributed by atoms with Gasteiger partial charge in [0.2, 0.25) is 0 Å². The number of hydrogen-bond acceptors (Lipinski definition) is 5. The molecular weight excluding hydrogens is 312 g/mol. The third kappa shape index (κ3) is 2.64. The number of aromatic nitrogens is 2. The van der Waals surface area contributed by atoms with Crippen LogP contribution in [0.3, 0.4) is 0 Å². The molecular formula is C17H16N2O5. The van der Waals surface area contributed by atoms with Gasteiger partial charge in [0.25, 0.3) is 5.56 Å². The Labute approximate surface area is 136 Å². The maximum absolute atomic E-state index is 12.6. The molecule has 0 unspecified atom stereocenters. The molecule has 0 bridgehead atoms. The van der Waals surface area contributed by atoms with Gasteiger partial charge in [-0.05, 0) is 12.5 Å². The third-order valence-corrected chi connectivity index (χ3v) is 3.67. The summed E-state index contributed by atoms with van der Waals surface area (Å²) in [5.41, 5.74) is 0.298. The van der Waals surface area contributed by atoms with Crippen LogP contribution < -0.4 is 11.3 Å². The van der Waals surface area contributed by atoms with Gasteiger partial charge in [-0.3, -0.25) is 4.79 Å². The van der Waals surface area contributed by atoms with Crippen molar-refractivity contribution in [1.82, 2.24) is 9.13 Å². The fraction of sp³-hybridized carbons (Fsp3) is 0.235. The molecule has 24 heavy (non-hydrogen) atoms. The zero-order valence-electron chi connectivity index (χ0n) is 13.3. The first-order chi connectivity index (χ1) is 11.5. The summed E-state index contributed by atoms with van der Waals surface area (Å²) in [7, 11) is 1.59. The molecule has 0 spiro atoms. The van der Waals surface area contributed by atoms with E-state index in [1.165, 1.54) is 10.8 Å². The van der Waals surface area contributed by atoms with Crippen LogP contribution in [0.15, 0.2) is 50.5 Å². The van der Waals surface area contributed by atoms with Crippen molar-refractivity contribution >= 4 is 16.9 Å². The zero-order valence-corrected chi connectivity index (χ0v) is 13.3. The van der Waals surface area contributed by atoms with Gasteiger partial charge >= 0.3 is 11.7 Å². The van der Waals surface area contributed by atoms with E-state index in [0.717, 1.165) is 10.1 Å². The number of ether oxygens (including phenoxy) is 1. The number of rotatable bonds is 4. The van der Waals surface area contributed by atoms with Crippen LogP contribution in [-0.4, -0.2) is 21.7 Å². The monoisotopic (exact) mass is 328 g/mol. The predicted molar refractivity (Wildman–Crippen MR) is 87.2 cm³/mol. The summed E-state index contributed by atoms with van der Waals surface area (Å²) in [6.45, 7) is 1.95. The minimum absolute atomic E-state index is 0.0461. The first-order valence-corrected chi connectivity index (χ1v) is 7.47. The van der Waals surface area contributed by atoms with Gasteiger partial charge < -0.3 is 13.7 Å². The molecule has 0 saturated heterocycles. The van der Waals surface area contributed by atoms with Crippen molar-refractivity contribution in [3.63, 3.8) is 0 Å². The van der Waals surface area contributed by atoms with Gasteiger partial charge in [-0.15, -0.1) is 0 Å². The standard InChI is InChI=1S/C17H16N2O5/c1-3-23-16(21)13-14-12(10-18(13)2)15(20)19(17(22)24-14)9-11-7-5-4-6-8-11/h4-8,10H,3,9H2,1-2H3. The smallest absolute Gasteiger partial charge is 0.422 e. The molecule has 0 amide bonds. The summed E-state index contributed by atoms with van der Waals surface area (Å²) in [6, 6.07) is 9.11. The lowest BCUT2D eigenvalue weighted by molar-refractivity contribution is 0.0516. The van der Waals surface area contributed by atoms with E-state index in [-0.39, 0.29) is 29.8 Å². The van der Waals surface area contributed by atoms with E-state index in [4.69, 9.17) is 9.15 Å². The molecule has 0 aliphatic rings. The SMILES string of the molecule is CCOC(=O)c1c2oc(=O)n(Cc3ccccc3)c(=O)c2cn1C. The van der Waals surface area contributed by atoms with E-state index in [2.05, 4.69) is 0 Å². The van der Waals surface area contributed by atoms with E-state index in [9.17, 15) is 14.4 Å². The molecule has 1 aromatic carbocycles. The molecule has 0 fully saturated rings. The highest BCUT2D eigenvalue weighted by atomic mass is 16.5. The summed E-state index contributed by atoms with van der Waals surface area (Å²) in [4.78, 5) is 36.9. The third-order valence-electron chi connectivity index (χ3n) is 3.67. The second-order valence-corrected chi connectivity index (χ2v) is 5.30. The normalized spacial score (nSPS) is 10.9. The van der Waals surface area contributed by atoms with E-state index in [1.807, 2.05) is 30.3 Å². The highest BCUT2D eigenvalue weighted by Crippen LogP contribution is 2.17. The molecule has 7 nitrogen and oxygen atoms in total. The molecule has 0 radical (unpaired) electrons. The Morgan fingerprint density at radius 2 is 1.92 bits per heavy atom. The molecule has 7 heteroatoms. The van der Waals surface area contributed by atoms with Gasteiger partial charge in [0.15, 0.2) is 11.3 Å². The summed E-state index contributed by atoms with van der Waals surface area (Å²) in [6.07, 6.45) is 1.47.